The van der Waals surface area contributed by atoms with Crippen LogP contribution in [0.25, 0.3) is 43.0 Å². The van der Waals surface area contributed by atoms with Crippen molar-refractivity contribution in [2.75, 3.05) is 0 Å². The van der Waals surface area contributed by atoms with Gasteiger partial charge in [0.15, 0.2) is 6.10 Å². The summed E-state index contributed by atoms with van der Waals surface area (Å²) in [4.78, 5) is 33.1. The van der Waals surface area contributed by atoms with E-state index in [2.05, 4.69) is 4.98 Å². The topological polar surface area (TPSA) is 110 Å². The number of hydrogen-bond acceptors (Lipinski definition) is 6. The molecule has 2 N–H and O–H groups in total. The molecule has 208 valence electrons. The highest BCUT2D eigenvalue weighted by atomic mass is 35.5. The van der Waals surface area contributed by atoms with Crippen LogP contribution in [0.4, 0.5) is 0 Å². The Kier molecular flexibility index (Phi) is 7.66. The zero-order chi connectivity index (χ0) is 29.5. The van der Waals surface area contributed by atoms with Gasteiger partial charge in [-0.1, -0.05) is 41.9 Å². The number of aryl methyl sites for hydroxylation is 1. The largest absolute Gasteiger partial charge is 0.479 e. The summed E-state index contributed by atoms with van der Waals surface area (Å²) in [5, 5.41) is 21.0. The number of rotatable bonds is 7. The van der Waals surface area contributed by atoms with Crippen LogP contribution < -0.4 is 0 Å². The molecule has 0 spiro atoms. The van der Waals surface area contributed by atoms with Crippen LogP contribution in [0.1, 0.15) is 48.4 Å². The molecule has 0 unspecified atom stereocenters. The standard InChI is InChI=1S/C32H27ClN2O5S/c1-17-12-24-28(26(18-8-10-23(33)11-9-18)25(17)27(31(38)39)40-32(2,3)4)41-29(35-24)20-7-5-6-19(13-20)21-14-22(30(36)37)16-34-15-21/h5-16,27H,1-4H3,(H,36,37)(H,38,39)/t27-/m0/s1. The summed E-state index contributed by atoms with van der Waals surface area (Å²) < 4.78 is 6.92. The molecule has 1 atom stereocenters. The second kappa shape index (κ2) is 11.0. The third-order valence-electron chi connectivity index (χ3n) is 6.45. The molecule has 5 rings (SSSR count). The maximum Gasteiger partial charge on any atom is 0.337 e. The maximum absolute atomic E-state index is 12.6. The Balaban J connectivity index is 1.71. The van der Waals surface area contributed by atoms with E-state index < -0.39 is 23.6 Å². The predicted octanol–water partition coefficient (Wildman–Crippen LogP) is 8.29. The lowest BCUT2D eigenvalue weighted by Gasteiger charge is -2.28. The van der Waals surface area contributed by atoms with Crippen LogP contribution >= 0.6 is 22.9 Å². The molecule has 3 aromatic carbocycles. The molecule has 41 heavy (non-hydrogen) atoms. The van der Waals surface area contributed by atoms with Crippen molar-refractivity contribution in [2.45, 2.75) is 39.4 Å². The number of benzene rings is 3. The van der Waals surface area contributed by atoms with Crippen molar-refractivity contribution in [3.63, 3.8) is 0 Å². The Morgan fingerprint density at radius 3 is 2.29 bits per heavy atom. The van der Waals surface area contributed by atoms with Gasteiger partial charge in [-0.15, -0.1) is 11.3 Å². The smallest absolute Gasteiger partial charge is 0.337 e. The molecule has 0 aliphatic heterocycles. The van der Waals surface area contributed by atoms with Gasteiger partial charge in [0.25, 0.3) is 0 Å². The lowest BCUT2D eigenvalue weighted by atomic mass is 9.91. The molecule has 0 fully saturated rings. The number of pyridine rings is 1. The van der Waals surface area contributed by atoms with E-state index in [1.165, 1.54) is 17.5 Å². The van der Waals surface area contributed by atoms with Gasteiger partial charge in [-0.3, -0.25) is 4.98 Å². The molecule has 0 saturated heterocycles. The zero-order valence-corrected chi connectivity index (χ0v) is 24.4. The number of carboxylic acid groups (broad SMARTS) is 2. The first-order chi connectivity index (χ1) is 19.4. The molecule has 5 aromatic rings. The Hall–Kier alpha value is -4.11. The molecule has 2 heterocycles. The van der Waals surface area contributed by atoms with Crippen LogP contribution in [0.5, 0.6) is 0 Å². The molecule has 2 aromatic heterocycles. The second-order valence-electron chi connectivity index (χ2n) is 10.7. The van der Waals surface area contributed by atoms with E-state index in [4.69, 9.17) is 21.3 Å². The summed E-state index contributed by atoms with van der Waals surface area (Å²) in [6.45, 7) is 7.37. The third-order valence-corrected chi connectivity index (χ3v) is 7.84. The van der Waals surface area contributed by atoms with Crippen LogP contribution in [0.2, 0.25) is 5.02 Å². The third kappa shape index (κ3) is 6.00. The number of aliphatic carboxylic acids is 1. The van der Waals surface area contributed by atoms with Crippen LogP contribution in [0.15, 0.2) is 73.1 Å². The number of carboxylic acids is 2. The SMILES string of the molecule is Cc1cc2nc(-c3cccc(-c4cncc(C(=O)O)c4)c3)sc2c(-c2ccc(Cl)cc2)c1[C@H](OC(C)(C)C)C(=O)O. The quantitative estimate of drug-likeness (QED) is 0.197. The minimum atomic E-state index is -1.20. The van der Waals surface area contributed by atoms with Crippen molar-refractivity contribution < 1.29 is 24.5 Å². The number of ether oxygens (including phenoxy) is 1. The van der Waals surface area contributed by atoms with E-state index in [0.29, 0.717) is 16.1 Å². The van der Waals surface area contributed by atoms with Crippen LogP contribution in [-0.2, 0) is 9.53 Å². The van der Waals surface area contributed by atoms with Gasteiger partial charge in [-0.05, 0) is 74.7 Å². The predicted molar refractivity (Wildman–Crippen MR) is 162 cm³/mol. The van der Waals surface area contributed by atoms with E-state index in [-0.39, 0.29) is 5.56 Å². The monoisotopic (exact) mass is 586 g/mol. The second-order valence-corrected chi connectivity index (χ2v) is 12.1. The fraction of sp³-hybridized carbons (Fsp3) is 0.188. The number of halogens is 1. The summed E-state index contributed by atoms with van der Waals surface area (Å²) in [6, 6.07) is 18.4. The number of carbonyl (C=O) groups is 2. The Bertz CT molecular complexity index is 1790. The Morgan fingerprint density at radius 2 is 1.63 bits per heavy atom. The fourth-order valence-corrected chi connectivity index (χ4v) is 5.96. The van der Waals surface area contributed by atoms with Crippen molar-refractivity contribution in [3.05, 3.63) is 94.8 Å². The number of hydrogen-bond donors (Lipinski definition) is 2. The molecule has 0 bridgehead atoms. The highest BCUT2D eigenvalue weighted by molar-refractivity contribution is 7.22. The summed E-state index contributed by atoms with van der Waals surface area (Å²) >= 11 is 7.66. The molecule has 9 heteroatoms. The lowest BCUT2D eigenvalue weighted by molar-refractivity contribution is -0.160. The molecular weight excluding hydrogens is 560 g/mol. The number of aromatic nitrogens is 2. The first-order valence-corrected chi connectivity index (χ1v) is 14.0. The normalized spacial score (nSPS) is 12.4. The average Bonchev–Trinajstić information content (AvgIpc) is 3.35. The van der Waals surface area contributed by atoms with E-state index in [9.17, 15) is 19.8 Å². The highest BCUT2D eigenvalue weighted by Gasteiger charge is 2.32. The lowest BCUT2D eigenvalue weighted by Crippen LogP contribution is -2.28. The molecule has 7 nitrogen and oxygen atoms in total. The van der Waals surface area contributed by atoms with Crippen LogP contribution in [0, 0.1) is 6.92 Å². The molecule has 0 aliphatic carbocycles. The van der Waals surface area contributed by atoms with Gasteiger partial charge in [0, 0.05) is 39.7 Å². The minimum Gasteiger partial charge on any atom is -0.479 e. The fourth-order valence-electron chi connectivity index (χ4n) is 4.71. The maximum atomic E-state index is 12.6. The van der Waals surface area contributed by atoms with E-state index in [1.807, 2.05) is 70.2 Å². The Labute approximate surface area is 246 Å². The molecule has 0 amide bonds. The average molecular weight is 587 g/mol. The molecule has 0 radical (unpaired) electrons. The number of fused-ring (bicyclic) bond motifs is 1. The van der Waals surface area contributed by atoms with Crippen LogP contribution in [-0.4, -0.2) is 37.7 Å². The first-order valence-electron chi connectivity index (χ1n) is 12.8. The minimum absolute atomic E-state index is 0.106. The van der Waals surface area contributed by atoms with E-state index in [1.54, 1.807) is 24.4 Å². The number of nitrogens with zero attached hydrogens (tertiary/aromatic N) is 2. The molecule has 0 saturated carbocycles. The van der Waals surface area contributed by atoms with Gasteiger partial charge >= 0.3 is 11.9 Å². The number of thiazole rings is 1. The summed E-state index contributed by atoms with van der Waals surface area (Å²) in [7, 11) is 0. The molecule has 0 aliphatic rings. The highest BCUT2D eigenvalue weighted by Crippen LogP contribution is 2.44. The summed E-state index contributed by atoms with van der Waals surface area (Å²) in [5.41, 5.74) is 5.33. The van der Waals surface area contributed by atoms with Gasteiger partial charge in [-0.2, -0.15) is 0 Å². The van der Waals surface area contributed by atoms with Gasteiger partial charge in [0.05, 0.1) is 21.4 Å². The van der Waals surface area contributed by atoms with Crippen molar-refractivity contribution >= 4 is 45.1 Å². The zero-order valence-electron chi connectivity index (χ0n) is 22.8. The Morgan fingerprint density at radius 1 is 0.927 bits per heavy atom. The van der Waals surface area contributed by atoms with Gasteiger partial charge in [0.2, 0.25) is 0 Å². The van der Waals surface area contributed by atoms with E-state index in [0.717, 1.165) is 43.0 Å². The van der Waals surface area contributed by atoms with E-state index >= 15 is 0 Å². The van der Waals surface area contributed by atoms with Crippen molar-refractivity contribution in [1.29, 1.82) is 0 Å². The van der Waals surface area contributed by atoms with Gasteiger partial charge in [-0.25, -0.2) is 14.6 Å². The van der Waals surface area contributed by atoms with Crippen molar-refractivity contribution in [3.8, 4) is 32.8 Å². The van der Waals surface area contributed by atoms with Crippen LogP contribution in [0.3, 0.4) is 0 Å². The van der Waals surface area contributed by atoms with Crippen molar-refractivity contribution in [1.82, 2.24) is 9.97 Å². The summed E-state index contributed by atoms with van der Waals surface area (Å²) in [5.74, 6) is -2.12. The summed E-state index contributed by atoms with van der Waals surface area (Å²) in [6.07, 6.45) is 1.74. The first kappa shape index (κ1) is 28.4. The van der Waals surface area contributed by atoms with Gasteiger partial charge in [0.1, 0.15) is 5.01 Å². The van der Waals surface area contributed by atoms with Crippen molar-refractivity contribution in [2.24, 2.45) is 0 Å². The molecular formula is C32H27ClN2O5S. The van der Waals surface area contributed by atoms with Gasteiger partial charge < -0.3 is 14.9 Å². The number of aromatic carboxylic acids is 1.